The van der Waals surface area contributed by atoms with Crippen molar-refractivity contribution in [3.8, 4) is 0 Å². The molecule has 0 amide bonds. The Morgan fingerprint density at radius 2 is 1.73 bits per heavy atom. The zero-order valence-corrected chi connectivity index (χ0v) is 10.1. The lowest BCUT2D eigenvalue weighted by molar-refractivity contribution is 0.191. The summed E-state index contributed by atoms with van der Waals surface area (Å²) in [6, 6.07) is 4.44. The molecule has 0 aliphatic rings. The van der Waals surface area contributed by atoms with Crippen LogP contribution in [0.25, 0.3) is 0 Å². The summed E-state index contributed by atoms with van der Waals surface area (Å²) < 4.78 is 0. The molecule has 0 aliphatic heterocycles. The molecule has 15 heavy (non-hydrogen) atoms. The molecule has 0 radical (unpaired) electrons. The molecule has 0 bridgehead atoms. The summed E-state index contributed by atoms with van der Waals surface area (Å²) in [4.78, 5) is 0. The number of hydrogen-bond acceptors (Lipinski definition) is 2. The standard InChI is InChI=1S/C13H21NO/c1-9-5-11(3)13(6-10(9)2)8-14-7-12(4)15/h5-6,12,14-15H,7-8H2,1-4H3/t12-/m1/s1. The third-order valence-electron chi connectivity index (χ3n) is 2.71. The van der Waals surface area contributed by atoms with E-state index in [1.807, 2.05) is 0 Å². The first-order valence-electron chi connectivity index (χ1n) is 5.46. The van der Waals surface area contributed by atoms with Gasteiger partial charge in [-0.25, -0.2) is 0 Å². The summed E-state index contributed by atoms with van der Waals surface area (Å²) >= 11 is 0. The highest BCUT2D eigenvalue weighted by Crippen LogP contribution is 2.14. The fourth-order valence-electron chi connectivity index (χ4n) is 1.63. The van der Waals surface area contributed by atoms with Crippen molar-refractivity contribution in [2.75, 3.05) is 6.54 Å². The van der Waals surface area contributed by atoms with Crippen LogP contribution in [0.1, 0.15) is 29.2 Å². The highest BCUT2D eigenvalue weighted by Gasteiger charge is 2.02. The summed E-state index contributed by atoms with van der Waals surface area (Å²) in [5.41, 5.74) is 5.30. The van der Waals surface area contributed by atoms with Gasteiger partial charge >= 0.3 is 0 Å². The average Bonchev–Trinajstić information content (AvgIpc) is 2.13. The minimum absolute atomic E-state index is 0.281. The first-order valence-corrected chi connectivity index (χ1v) is 5.46. The van der Waals surface area contributed by atoms with E-state index in [-0.39, 0.29) is 6.10 Å². The Bertz CT molecular complexity index is 332. The van der Waals surface area contributed by atoms with Crippen molar-refractivity contribution in [1.82, 2.24) is 5.32 Å². The molecule has 1 aromatic rings. The molecule has 0 aromatic heterocycles. The molecule has 0 saturated heterocycles. The maximum absolute atomic E-state index is 9.14. The molecule has 84 valence electrons. The topological polar surface area (TPSA) is 32.3 Å². The van der Waals surface area contributed by atoms with E-state index >= 15 is 0 Å². The lowest BCUT2D eigenvalue weighted by Gasteiger charge is -2.11. The van der Waals surface area contributed by atoms with Gasteiger partial charge < -0.3 is 10.4 Å². The third kappa shape index (κ3) is 3.65. The van der Waals surface area contributed by atoms with Crippen LogP contribution >= 0.6 is 0 Å². The molecular weight excluding hydrogens is 186 g/mol. The average molecular weight is 207 g/mol. The summed E-state index contributed by atoms with van der Waals surface area (Å²) in [5, 5.41) is 12.4. The Balaban J connectivity index is 2.65. The van der Waals surface area contributed by atoms with Gasteiger partial charge in [0, 0.05) is 13.1 Å². The van der Waals surface area contributed by atoms with Gasteiger partial charge in [0.25, 0.3) is 0 Å². The van der Waals surface area contributed by atoms with Gasteiger partial charge in [0.15, 0.2) is 0 Å². The molecule has 2 heteroatoms. The molecule has 1 rings (SSSR count). The smallest absolute Gasteiger partial charge is 0.0636 e. The van der Waals surface area contributed by atoms with Crippen molar-refractivity contribution < 1.29 is 5.11 Å². The van der Waals surface area contributed by atoms with Crippen molar-refractivity contribution in [3.05, 3.63) is 34.4 Å². The van der Waals surface area contributed by atoms with Crippen molar-refractivity contribution in [2.24, 2.45) is 0 Å². The number of hydrogen-bond donors (Lipinski definition) is 2. The Kier molecular flexibility index (Phi) is 4.30. The fourth-order valence-corrected chi connectivity index (χ4v) is 1.63. The van der Waals surface area contributed by atoms with Gasteiger partial charge in [-0.3, -0.25) is 0 Å². The van der Waals surface area contributed by atoms with Crippen LogP contribution in [-0.4, -0.2) is 17.8 Å². The summed E-state index contributed by atoms with van der Waals surface area (Å²) in [5.74, 6) is 0. The van der Waals surface area contributed by atoms with Crippen molar-refractivity contribution >= 4 is 0 Å². The third-order valence-corrected chi connectivity index (χ3v) is 2.71. The molecule has 0 unspecified atom stereocenters. The van der Waals surface area contributed by atoms with E-state index in [2.05, 4.69) is 38.2 Å². The molecule has 0 aliphatic carbocycles. The SMILES string of the molecule is Cc1cc(C)c(CNC[C@@H](C)O)cc1C. The quantitative estimate of drug-likeness (QED) is 0.792. The fraction of sp³-hybridized carbons (Fsp3) is 0.538. The molecular formula is C13H21NO. The molecule has 2 N–H and O–H groups in total. The Morgan fingerprint density at radius 1 is 1.13 bits per heavy atom. The first kappa shape index (κ1) is 12.2. The summed E-state index contributed by atoms with van der Waals surface area (Å²) in [6.45, 7) is 9.67. The molecule has 0 spiro atoms. The van der Waals surface area contributed by atoms with Crippen molar-refractivity contribution in [1.29, 1.82) is 0 Å². The largest absolute Gasteiger partial charge is 0.392 e. The van der Waals surface area contributed by atoms with Gasteiger partial charge in [-0.1, -0.05) is 12.1 Å². The molecule has 0 heterocycles. The van der Waals surface area contributed by atoms with Crippen LogP contribution < -0.4 is 5.32 Å². The second kappa shape index (κ2) is 5.29. The number of aryl methyl sites for hydroxylation is 3. The highest BCUT2D eigenvalue weighted by atomic mass is 16.3. The van der Waals surface area contributed by atoms with E-state index in [1.165, 1.54) is 22.3 Å². The van der Waals surface area contributed by atoms with Crippen molar-refractivity contribution in [2.45, 2.75) is 40.3 Å². The number of benzene rings is 1. The van der Waals surface area contributed by atoms with Gasteiger partial charge in [-0.05, 0) is 49.9 Å². The highest BCUT2D eigenvalue weighted by molar-refractivity contribution is 5.36. The van der Waals surface area contributed by atoms with Crippen LogP contribution in [0.3, 0.4) is 0 Å². The van der Waals surface area contributed by atoms with Crippen LogP contribution in [0, 0.1) is 20.8 Å². The molecule has 1 atom stereocenters. The Morgan fingerprint density at radius 3 is 2.33 bits per heavy atom. The van der Waals surface area contributed by atoms with Crippen LogP contribution in [0.15, 0.2) is 12.1 Å². The summed E-state index contributed by atoms with van der Waals surface area (Å²) in [6.07, 6.45) is -0.281. The lowest BCUT2D eigenvalue weighted by atomic mass is 10.0. The van der Waals surface area contributed by atoms with Crippen LogP contribution in [-0.2, 0) is 6.54 Å². The van der Waals surface area contributed by atoms with Gasteiger partial charge in [0.1, 0.15) is 0 Å². The van der Waals surface area contributed by atoms with E-state index in [0.717, 1.165) is 6.54 Å². The van der Waals surface area contributed by atoms with Gasteiger partial charge in [-0.15, -0.1) is 0 Å². The lowest BCUT2D eigenvalue weighted by Crippen LogP contribution is -2.24. The second-order valence-electron chi connectivity index (χ2n) is 4.34. The zero-order valence-electron chi connectivity index (χ0n) is 10.1. The van der Waals surface area contributed by atoms with Crippen LogP contribution in [0.2, 0.25) is 0 Å². The minimum Gasteiger partial charge on any atom is -0.392 e. The van der Waals surface area contributed by atoms with E-state index < -0.39 is 0 Å². The van der Waals surface area contributed by atoms with E-state index in [9.17, 15) is 0 Å². The second-order valence-corrected chi connectivity index (χ2v) is 4.34. The summed E-state index contributed by atoms with van der Waals surface area (Å²) in [7, 11) is 0. The normalized spacial score (nSPS) is 12.9. The predicted molar refractivity (Wildman–Crippen MR) is 64.0 cm³/mol. The Hall–Kier alpha value is -0.860. The molecule has 0 saturated carbocycles. The Labute approximate surface area is 92.3 Å². The number of aliphatic hydroxyl groups is 1. The van der Waals surface area contributed by atoms with Crippen molar-refractivity contribution in [3.63, 3.8) is 0 Å². The number of rotatable bonds is 4. The first-order chi connectivity index (χ1) is 7.00. The molecule has 0 fully saturated rings. The monoisotopic (exact) mass is 207 g/mol. The maximum atomic E-state index is 9.14. The van der Waals surface area contributed by atoms with E-state index in [1.54, 1.807) is 6.92 Å². The van der Waals surface area contributed by atoms with E-state index in [0.29, 0.717) is 6.54 Å². The van der Waals surface area contributed by atoms with Crippen LogP contribution in [0.4, 0.5) is 0 Å². The van der Waals surface area contributed by atoms with Gasteiger partial charge in [0.05, 0.1) is 6.10 Å². The minimum atomic E-state index is -0.281. The van der Waals surface area contributed by atoms with Crippen LogP contribution in [0.5, 0.6) is 0 Å². The molecule has 1 aromatic carbocycles. The van der Waals surface area contributed by atoms with Gasteiger partial charge in [0.2, 0.25) is 0 Å². The van der Waals surface area contributed by atoms with Gasteiger partial charge in [-0.2, -0.15) is 0 Å². The predicted octanol–water partition coefficient (Wildman–Crippen LogP) is 2.08. The maximum Gasteiger partial charge on any atom is 0.0636 e. The molecule has 2 nitrogen and oxygen atoms in total. The number of aliphatic hydroxyl groups excluding tert-OH is 1. The van der Waals surface area contributed by atoms with E-state index in [4.69, 9.17) is 5.11 Å². The zero-order chi connectivity index (χ0) is 11.4. The number of nitrogens with one attached hydrogen (secondary N) is 1.